The van der Waals surface area contributed by atoms with Crippen LogP contribution in [0.1, 0.15) is 18.1 Å². The molecule has 0 aliphatic rings. The standard InChI is InChI=1S/C30H22N2O6/c1-30(29(35)36-2,19-7-13-25-23(15-19)31-27(37-25)17-3-9-21(33)10-4-17)20-8-14-26-24(16-20)32-28(38-26)18-5-11-22(34)12-6-18/h3-16,33-34H,1-2H3. The van der Waals surface area contributed by atoms with E-state index in [0.29, 0.717) is 45.1 Å². The number of ether oxygens (including phenoxy) is 1. The zero-order valence-electron chi connectivity index (χ0n) is 20.5. The van der Waals surface area contributed by atoms with Gasteiger partial charge in [0.15, 0.2) is 11.2 Å². The lowest BCUT2D eigenvalue weighted by Gasteiger charge is -2.27. The zero-order chi connectivity index (χ0) is 26.4. The minimum absolute atomic E-state index is 0.153. The fraction of sp³-hybridized carbons (Fsp3) is 0.100. The third-order valence-corrected chi connectivity index (χ3v) is 6.75. The van der Waals surface area contributed by atoms with E-state index in [1.807, 2.05) is 24.3 Å². The largest absolute Gasteiger partial charge is 0.508 e. The van der Waals surface area contributed by atoms with Crippen molar-refractivity contribution in [3.8, 4) is 34.4 Å². The normalized spacial score (nSPS) is 11.7. The van der Waals surface area contributed by atoms with Gasteiger partial charge in [0.25, 0.3) is 0 Å². The Morgan fingerprint density at radius 2 is 1.13 bits per heavy atom. The van der Waals surface area contributed by atoms with Crippen molar-refractivity contribution in [3.05, 3.63) is 96.1 Å². The van der Waals surface area contributed by atoms with Crippen LogP contribution in [0.5, 0.6) is 11.5 Å². The monoisotopic (exact) mass is 506 g/mol. The van der Waals surface area contributed by atoms with Crippen LogP contribution in [0.4, 0.5) is 0 Å². The number of esters is 1. The molecule has 0 radical (unpaired) electrons. The van der Waals surface area contributed by atoms with Crippen molar-refractivity contribution >= 4 is 28.2 Å². The van der Waals surface area contributed by atoms with E-state index in [1.54, 1.807) is 67.6 Å². The van der Waals surface area contributed by atoms with Crippen molar-refractivity contribution in [2.75, 3.05) is 7.11 Å². The van der Waals surface area contributed by atoms with Gasteiger partial charge in [-0.15, -0.1) is 0 Å². The van der Waals surface area contributed by atoms with Crippen molar-refractivity contribution in [1.29, 1.82) is 0 Å². The van der Waals surface area contributed by atoms with Gasteiger partial charge in [-0.2, -0.15) is 0 Å². The number of aromatic nitrogens is 2. The number of oxazole rings is 2. The molecule has 6 rings (SSSR count). The van der Waals surface area contributed by atoms with Gasteiger partial charge in [-0.3, -0.25) is 4.79 Å². The second-order valence-corrected chi connectivity index (χ2v) is 9.11. The molecule has 0 aliphatic carbocycles. The van der Waals surface area contributed by atoms with E-state index in [-0.39, 0.29) is 11.5 Å². The number of hydrogen-bond donors (Lipinski definition) is 2. The summed E-state index contributed by atoms with van der Waals surface area (Å²) in [6.45, 7) is 1.79. The highest BCUT2D eigenvalue weighted by atomic mass is 16.5. The van der Waals surface area contributed by atoms with Gasteiger partial charge in [0.2, 0.25) is 11.8 Å². The first-order chi connectivity index (χ1) is 18.3. The molecule has 4 aromatic carbocycles. The summed E-state index contributed by atoms with van der Waals surface area (Å²) in [5.74, 6) is 0.673. The number of hydrogen-bond acceptors (Lipinski definition) is 8. The molecule has 2 aromatic heterocycles. The Bertz CT molecular complexity index is 1680. The van der Waals surface area contributed by atoms with Crippen molar-refractivity contribution < 1.29 is 28.6 Å². The Hall–Kier alpha value is -5.11. The molecule has 0 aliphatic heterocycles. The van der Waals surface area contributed by atoms with Crippen molar-refractivity contribution in [1.82, 2.24) is 9.97 Å². The molecule has 188 valence electrons. The predicted molar refractivity (Wildman–Crippen MR) is 141 cm³/mol. The predicted octanol–water partition coefficient (Wildman–Crippen LogP) is 6.19. The molecule has 2 heterocycles. The molecule has 8 nitrogen and oxygen atoms in total. The quantitative estimate of drug-likeness (QED) is 0.266. The van der Waals surface area contributed by atoms with E-state index >= 15 is 0 Å². The van der Waals surface area contributed by atoms with Crippen LogP contribution in [-0.2, 0) is 14.9 Å². The Balaban J connectivity index is 1.43. The fourth-order valence-electron chi connectivity index (χ4n) is 4.54. The SMILES string of the molecule is COC(=O)C(C)(c1ccc2oc(-c3ccc(O)cc3)nc2c1)c1ccc2oc(-c3ccc(O)cc3)nc2c1. The molecule has 0 saturated carbocycles. The lowest BCUT2D eigenvalue weighted by molar-refractivity contribution is -0.145. The molecular weight excluding hydrogens is 484 g/mol. The average molecular weight is 507 g/mol. The van der Waals surface area contributed by atoms with Crippen molar-refractivity contribution in [3.63, 3.8) is 0 Å². The molecule has 0 atom stereocenters. The third kappa shape index (κ3) is 3.83. The Morgan fingerprint density at radius 3 is 1.53 bits per heavy atom. The third-order valence-electron chi connectivity index (χ3n) is 6.75. The minimum Gasteiger partial charge on any atom is -0.508 e. The Labute approximate surface area is 216 Å². The molecular formula is C30H22N2O6. The molecule has 0 fully saturated rings. The average Bonchev–Trinajstić information content (AvgIpc) is 3.56. The summed E-state index contributed by atoms with van der Waals surface area (Å²) < 4.78 is 17.1. The molecule has 0 amide bonds. The van der Waals surface area contributed by atoms with E-state index in [0.717, 1.165) is 11.1 Å². The van der Waals surface area contributed by atoms with E-state index in [9.17, 15) is 15.0 Å². The minimum atomic E-state index is -1.17. The molecule has 2 N–H and O–H groups in total. The second-order valence-electron chi connectivity index (χ2n) is 9.11. The van der Waals surface area contributed by atoms with Crippen LogP contribution in [0.25, 0.3) is 45.1 Å². The zero-order valence-corrected chi connectivity index (χ0v) is 20.5. The van der Waals surface area contributed by atoms with Gasteiger partial charge in [0.05, 0.1) is 7.11 Å². The second kappa shape index (κ2) is 8.77. The summed E-state index contributed by atoms with van der Waals surface area (Å²) >= 11 is 0. The number of carbonyl (C=O) groups is 1. The van der Waals surface area contributed by atoms with Gasteiger partial charge in [0, 0.05) is 11.1 Å². The highest BCUT2D eigenvalue weighted by Gasteiger charge is 2.39. The highest BCUT2D eigenvalue weighted by molar-refractivity contribution is 5.90. The first-order valence-corrected chi connectivity index (χ1v) is 11.8. The van der Waals surface area contributed by atoms with Crippen LogP contribution in [-0.4, -0.2) is 33.3 Å². The van der Waals surface area contributed by atoms with Crippen molar-refractivity contribution in [2.24, 2.45) is 0 Å². The summed E-state index contributed by atoms with van der Waals surface area (Å²) in [4.78, 5) is 22.5. The van der Waals surface area contributed by atoms with Gasteiger partial charge in [-0.25, -0.2) is 9.97 Å². The van der Waals surface area contributed by atoms with Crippen LogP contribution in [0.3, 0.4) is 0 Å². The lowest BCUT2D eigenvalue weighted by Crippen LogP contribution is -2.35. The number of rotatable bonds is 5. The van der Waals surface area contributed by atoms with Crippen LogP contribution >= 0.6 is 0 Å². The van der Waals surface area contributed by atoms with E-state index in [4.69, 9.17) is 13.6 Å². The van der Waals surface area contributed by atoms with Gasteiger partial charge < -0.3 is 23.8 Å². The number of methoxy groups -OCH3 is 1. The number of aromatic hydroxyl groups is 2. The van der Waals surface area contributed by atoms with Gasteiger partial charge in [-0.05, 0) is 90.8 Å². The number of fused-ring (bicyclic) bond motifs is 2. The maximum absolute atomic E-state index is 13.3. The maximum atomic E-state index is 13.3. The van der Waals surface area contributed by atoms with Crippen LogP contribution in [0.15, 0.2) is 93.8 Å². The van der Waals surface area contributed by atoms with E-state index < -0.39 is 11.4 Å². The van der Waals surface area contributed by atoms with E-state index in [1.165, 1.54) is 7.11 Å². The maximum Gasteiger partial charge on any atom is 0.320 e. The number of nitrogens with zero attached hydrogens (tertiary/aromatic N) is 2. The molecule has 0 saturated heterocycles. The fourth-order valence-corrected chi connectivity index (χ4v) is 4.54. The summed E-state index contributed by atoms with van der Waals surface area (Å²) in [6, 6.07) is 24.0. The van der Waals surface area contributed by atoms with Gasteiger partial charge >= 0.3 is 5.97 Å². The number of phenolic OH excluding ortho intramolecular Hbond substituents is 2. The molecule has 0 spiro atoms. The lowest BCUT2D eigenvalue weighted by atomic mass is 9.76. The summed E-state index contributed by atoms with van der Waals surface area (Å²) in [7, 11) is 1.36. The summed E-state index contributed by atoms with van der Waals surface area (Å²) in [5, 5.41) is 19.1. The molecule has 0 unspecified atom stereocenters. The van der Waals surface area contributed by atoms with E-state index in [2.05, 4.69) is 9.97 Å². The molecule has 6 aromatic rings. The van der Waals surface area contributed by atoms with Gasteiger partial charge in [-0.1, -0.05) is 12.1 Å². The van der Waals surface area contributed by atoms with Crippen LogP contribution in [0.2, 0.25) is 0 Å². The first kappa shape index (κ1) is 23.3. The number of phenols is 2. The summed E-state index contributed by atoms with van der Waals surface area (Å²) in [5.41, 5.74) is 3.90. The van der Waals surface area contributed by atoms with Crippen LogP contribution < -0.4 is 0 Å². The Kier molecular flexibility index (Phi) is 5.38. The molecule has 8 heteroatoms. The van der Waals surface area contributed by atoms with Crippen LogP contribution in [0, 0.1) is 0 Å². The van der Waals surface area contributed by atoms with Gasteiger partial charge in [0.1, 0.15) is 27.9 Å². The first-order valence-electron chi connectivity index (χ1n) is 11.8. The Morgan fingerprint density at radius 1 is 0.711 bits per heavy atom. The molecule has 0 bridgehead atoms. The molecule has 38 heavy (non-hydrogen) atoms. The topological polar surface area (TPSA) is 119 Å². The van der Waals surface area contributed by atoms with Crippen molar-refractivity contribution in [2.45, 2.75) is 12.3 Å². The summed E-state index contributed by atoms with van der Waals surface area (Å²) in [6.07, 6.45) is 0. The number of carbonyl (C=O) groups excluding carboxylic acids is 1. The highest BCUT2D eigenvalue weighted by Crippen LogP contribution is 2.38. The number of benzene rings is 4. The smallest absolute Gasteiger partial charge is 0.320 e.